The van der Waals surface area contributed by atoms with E-state index in [0.29, 0.717) is 24.4 Å². The van der Waals surface area contributed by atoms with Gasteiger partial charge in [0.2, 0.25) is 0 Å². The van der Waals surface area contributed by atoms with E-state index in [9.17, 15) is 9.59 Å². The zero-order chi connectivity index (χ0) is 20.9. The highest BCUT2D eigenvalue weighted by Gasteiger charge is 2.22. The van der Waals surface area contributed by atoms with E-state index in [2.05, 4.69) is 15.4 Å². The first-order chi connectivity index (χ1) is 14.7. The number of pyridine rings is 2. The third kappa shape index (κ3) is 4.04. The maximum absolute atomic E-state index is 13.0. The van der Waals surface area contributed by atoms with Gasteiger partial charge >= 0.3 is 0 Å². The number of nitrogens with one attached hydrogen (secondary N) is 1. The number of piperidine rings is 1. The molecule has 1 fully saturated rings. The fourth-order valence-corrected chi connectivity index (χ4v) is 3.70. The molecule has 0 aromatic carbocycles. The van der Waals surface area contributed by atoms with Crippen molar-refractivity contribution in [2.75, 3.05) is 33.4 Å². The summed E-state index contributed by atoms with van der Waals surface area (Å²) in [5.74, 6) is -0.214. The van der Waals surface area contributed by atoms with E-state index in [1.54, 1.807) is 30.1 Å². The molecular weight excluding hydrogens is 382 g/mol. The second-order valence-electron chi connectivity index (χ2n) is 7.30. The molecule has 4 rings (SSSR count). The molecular formula is C22H25N5O3. The summed E-state index contributed by atoms with van der Waals surface area (Å²) in [6.45, 7) is 2.48. The Kier molecular flexibility index (Phi) is 6.04. The minimum atomic E-state index is -0.245. The van der Waals surface area contributed by atoms with Crippen LogP contribution in [0.3, 0.4) is 0 Å². The summed E-state index contributed by atoms with van der Waals surface area (Å²) >= 11 is 0. The van der Waals surface area contributed by atoms with E-state index in [4.69, 9.17) is 4.74 Å². The quantitative estimate of drug-likeness (QED) is 0.634. The van der Waals surface area contributed by atoms with Crippen molar-refractivity contribution in [1.29, 1.82) is 0 Å². The van der Waals surface area contributed by atoms with E-state index in [1.807, 2.05) is 29.2 Å². The Hall–Kier alpha value is -3.26. The molecule has 1 aliphatic rings. The second-order valence-corrected chi connectivity index (χ2v) is 7.30. The molecule has 4 heterocycles. The summed E-state index contributed by atoms with van der Waals surface area (Å²) in [5, 5.41) is 7.22. The molecule has 0 atom stereocenters. The number of carbonyl (C=O) groups excluding carboxylic acids is 2. The summed E-state index contributed by atoms with van der Waals surface area (Å²) in [6, 6.07) is 9.24. The Balaban J connectivity index is 1.58. The molecule has 30 heavy (non-hydrogen) atoms. The van der Waals surface area contributed by atoms with Crippen LogP contribution in [-0.2, 0) is 4.74 Å². The first kappa shape index (κ1) is 20.0. The highest BCUT2D eigenvalue weighted by atomic mass is 16.5. The summed E-state index contributed by atoms with van der Waals surface area (Å²) in [7, 11) is 1.58. The van der Waals surface area contributed by atoms with Crippen molar-refractivity contribution < 1.29 is 14.3 Å². The Morgan fingerprint density at radius 2 is 1.93 bits per heavy atom. The van der Waals surface area contributed by atoms with Crippen LogP contribution in [-0.4, -0.2) is 64.7 Å². The van der Waals surface area contributed by atoms with Gasteiger partial charge in [0.05, 0.1) is 29.6 Å². The third-order valence-corrected chi connectivity index (χ3v) is 5.30. The van der Waals surface area contributed by atoms with Crippen molar-refractivity contribution in [2.24, 2.45) is 0 Å². The van der Waals surface area contributed by atoms with Crippen LogP contribution in [0.25, 0.3) is 16.8 Å². The molecule has 0 saturated carbocycles. The van der Waals surface area contributed by atoms with E-state index in [1.165, 1.54) is 6.42 Å². The minimum absolute atomic E-state index is 0.0306. The van der Waals surface area contributed by atoms with Crippen LogP contribution >= 0.6 is 0 Å². The van der Waals surface area contributed by atoms with Crippen molar-refractivity contribution in [2.45, 2.75) is 19.3 Å². The predicted molar refractivity (Wildman–Crippen MR) is 112 cm³/mol. The standard InChI is InChI=1S/C22H25N5O3/c1-30-13-10-23-21(28)18-9-8-16(14-24-18)19-6-5-7-20-17(15-25-27(19)20)22(29)26-11-3-2-4-12-26/h5-9,14-15H,2-4,10-13H2,1H3,(H,23,28). The predicted octanol–water partition coefficient (Wildman–Crippen LogP) is 2.40. The molecule has 1 aliphatic heterocycles. The van der Waals surface area contributed by atoms with Gasteiger partial charge in [-0.05, 0) is 43.5 Å². The molecule has 8 nitrogen and oxygen atoms in total. The normalized spacial score (nSPS) is 14.1. The molecule has 0 radical (unpaired) electrons. The van der Waals surface area contributed by atoms with Crippen LogP contribution in [0, 0.1) is 0 Å². The van der Waals surface area contributed by atoms with Gasteiger partial charge in [0.25, 0.3) is 11.8 Å². The largest absolute Gasteiger partial charge is 0.383 e. The lowest BCUT2D eigenvalue weighted by Gasteiger charge is -2.26. The average Bonchev–Trinajstić information content (AvgIpc) is 3.23. The van der Waals surface area contributed by atoms with Crippen molar-refractivity contribution in [3.8, 4) is 11.3 Å². The molecule has 3 aromatic heterocycles. The number of methoxy groups -OCH3 is 1. The van der Waals surface area contributed by atoms with Crippen LogP contribution in [0.1, 0.15) is 40.1 Å². The molecule has 0 aliphatic carbocycles. The number of hydrogen-bond acceptors (Lipinski definition) is 5. The summed E-state index contributed by atoms with van der Waals surface area (Å²) in [6.07, 6.45) is 6.56. The molecule has 0 bridgehead atoms. The first-order valence-corrected chi connectivity index (χ1v) is 10.2. The van der Waals surface area contributed by atoms with Gasteiger partial charge in [0.15, 0.2) is 0 Å². The number of amides is 2. The lowest BCUT2D eigenvalue weighted by molar-refractivity contribution is 0.0726. The zero-order valence-corrected chi connectivity index (χ0v) is 17.0. The fraction of sp³-hybridized carbons (Fsp3) is 0.364. The SMILES string of the molecule is COCCNC(=O)c1ccc(-c2cccc3c(C(=O)N4CCCCC4)cnn23)cn1. The fourth-order valence-electron chi connectivity index (χ4n) is 3.70. The van der Waals surface area contributed by atoms with E-state index < -0.39 is 0 Å². The maximum atomic E-state index is 13.0. The Bertz CT molecular complexity index is 1040. The monoisotopic (exact) mass is 407 g/mol. The molecule has 1 saturated heterocycles. The van der Waals surface area contributed by atoms with Crippen molar-refractivity contribution in [3.05, 3.63) is 54.0 Å². The Morgan fingerprint density at radius 1 is 1.10 bits per heavy atom. The van der Waals surface area contributed by atoms with Crippen LogP contribution in [0.5, 0.6) is 0 Å². The Morgan fingerprint density at radius 3 is 2.67 bits per heavy atom. The molecule has 1 N–H and O–H groups in total. The van der Waals surface area contributed by atoms with Crippen LogP contribution in [0.15, 0.2) is 42.7 Å². The smallest absolute Gasteiger partial charge is 0.269 e. The highest BCUT2D eigenvalue weighted by molar-refractivity contribution is 6.01. The van der Waals surface area contributed by atoms with Gasteiger partial charge in [-0.25, -0.2) is 4.52 Å². The van der Waals surface area contributed by atoms with Crippen molar-refractivity contribution in [1.82, 2.24) is 24.8 Å². The van der Waals surface area contributed by atoms with Crippen LogP contribution in [0.2, 0.25) is 0 Å². The summed E-state index contributed by atoms with van der Waals surface area (Å²) < 4.78 is 6.69. The van der Waals surface area contributed by atoms with Gasteiger partial charge in [-0.3, -0.25) is 14.6 Å². The number of fused-ring (bicyclic) bond motifs is 1. The van der Waals surface area contributed by atoms with Gasteiger partial charge in [-0.1, -0.05) is 6.07 Å². The number of nitrogens with zero attached hydrogens (tertiary/aromatic N) is 4. The van der Waals surface area contributed by atoms with E-state index in [0.717, 1.165) is 42.7 Å². The van der Waals surface area contributed by atoms with Crippen molar-refractivity contribution >= 4 is 17.3 Å². The molecule has 156 valence electrons. The van der Waals surface area contributed by atoms with Crippen molar-refractivity contribution in [3.63, 3.8) is 0 Å². The van der Waals surface area contributed by atoms with E-state index in [-0.39, 0.29) is 11.8 Å². The first-order valence-electron chi connectivity index (χ1n) is 10.2. The molecule has 0 spiro atoms. The summed E-state index contributed by atoms with van der Waals surface area (Å²) in [4.78, 5) is 31.3. The lowest BCUT2D eigenvalue weighted by atomic mass is 10.1. The van der Waals surface area contributed by atoms with Crippen LogP contribution in [0.4, 0.5) is 0 Å². The third-order valence-electron chi connectivity index (χ3n) is 5.30. The van der Waals surface area contributed by atoms with Crippen LogP contribution < -0.4 is 5.32 Å². The van der Waals surface area contributed by atoms with Gasteiger partial charge in [-0.15, -0.1) is 0 Å². The van der Waals surface area contributed by atoms with Gasteiger partial charge < -0.3 is 15.0 Å². The van der Waals surface area contributed by atoms with Gasteiger partial charge in [0.1, 0.15) is 5.69 Å². The molecule has 3 aromatic rings. The highest BCUT2D eigenvalue weighted by Crippen LogP contribution is 2.23. The minimum Gasteiger partial charge on any atom is -0.383 e. The summed E-state index contributed by atoms with van der Waals surface area (Å²) in [5.41, 5.74) is 3.34. The maximum Gasteiger partial charge on any atom is 0.269 e. The molecule has 2 amide bonds. The number of hydrogen-bond donors (Lipinski definition) is 1. The Labute approximate surface area is 174 Å². The topological polar surface area (TPSA) is 88.8 Å². The zero-order valence-electron chi connectivity index (χ0n) is 17.0. The number of rotatable bonds is 6. The second kappa shape index (κ2) is 9.04. The number of likely N-dealkylation sites (tertiary alicyclic amines) is 1. The number of carbonyl (C=O) groups is 2. The molecule has 8 heteroatoms. The average molecular weight is 407 g/mol. The molecule has 0 unspecified atom stereocenters. The lowest BCUT2D eigenvalue weighted by Crippen LogP contribution is -2.35. The van der Waals surface area contributed by atoms with Gasteiger partial charge in [-0.2, -0.15) is 5.10 Å². The van der Waals surface area contributed by atoms with E-state index >= 15 is 0 Å². The van der Waals surface area contributed by atoms with Gasteiger partial charge in [0, 0.05) is 38.5 Å². The number of aromatic nitrogens is 3. The number of ether oxygens (including phenoxy) is 1.